The van der Waals surface area contributed by atoms with Crippen molar-refractivity contribution in [3.8, 4) is 17.2 Å². The summed E-state index contributed by atoms with van der Waals surface area (Å²) in [6.45, 7) is 0. The van der Waals surface area contributed by atoms with Gasteiger partial charge in [-0.25, -0.2) is 0 Å². The van der Waals surface area contributed by atoms with Crippen LogP contribution in [0.2, 0.25) is 0 Å². The molecule has 1 amide bonds. The van der Waals surface area contributed by atoms with E-state index in [4.69, 9.17) is 14.2 Å². The molecule has 7 heteroatoms. The van der Waals surface area contributed by atoms with Crippen LogP contribution in [-0.4, -0.2) is 38.3 Å². The third-order valence-electron chi connectivity index (χ3n) is 4.03. The highest BCUT2D eigenvalue weighted by molar-refractivity contribution is 5.80. The highest BCUT2D eigenvalue weighted by Crippen LogP contribution is 2.31. The van der Waals surface area contributed by atoms with Crippen LogP contribution < -0.4 is 19.5 Å². The molecular formula is C20H23NO6. The Morgan fingerprint density at radius 3 is 2.33 bits per heavy atom. The lowest BCUT2D eigenvalue weighted by Crippen LogP contribution is -2.31. The van der Waals surface area contributed by atoms with Crippen LogP contribution in [0, 0.1) is 0 Å². The van der Waals surface area contributed by atoms with E-state index in [0.717, 1.165) is 5.56 Å². The molecular weight excluding hydrogens is 350 g/mol. The summed E-state index contributed by atoms with van der Waals surface area (Å²) in [7, 11) is 4.56. The van der Waals surface area contributed by atoms with Crippen LogP contribution >= 0.6 is 0 Å². The van der Waals surface area contributed by atoms with E-state index in [1.165, 1.54) is 14.2 Å². The van der Waals surface area contributed by atoms with Crippen molar-refractivity contribution < 1.29 is 28.9 Å². The fraction of sp³-hybridized carbons (Fsp3) is 0.300. The Morgan fingerprint density at radius 2 is 1.70 bits per heavy atom. The van der Waals surface area contributed by atoms with Crippen LogP contribution in [0.4, 0.5) is 0 Å². The van der Waals surface area contributed by atoms with Crippen LogP contribution in [-0.2, 0) is 16.0 Å². The van der Waals surface area contributed by atoms with Crippen LogP contribution in [0.5, 0.6) is 17.2 Å². The van der Waals surface area contributed by atoms with Crippen LogP contribution in [0.15, 0.2) is 42.5 Å². The first-order chi connectivity index (χ1) is 13.0. The zero-order valence-corrected chi connectivity index (χ0v) is 15.5. The summed E-state index contributed by atoms with van der Waals surface area (Å²) in [6, 6.07) is 11.5. The molecule has 1 unspecified atom stereocenters. The van der Waals surface area contributed by atoms with E-state index >= 15 is 0 Å². The van der Waals surface area contributed by atoms with Crippen molar-refractivity contribution in [2.24, 2.45) is 0 Å². The maximum Gasteiger partial charge on any atom is 0.305 e. The monoisotopic (exact) mass is 373 g/mol. The van der Waals surface area contributed by atoms with Gasteiger partial charge in [0.05, 0.1) is 40.2 Å². The average Bonchev–Trinajstić information content (AvgIpc) is 2.66. The largest absolute Gasteiger partial charge is 0.497 e. The first kappa shape index (κ1) is 20.1. The predicted molar refractivity (Wildman–Crippen MR) is 99.4 cm³/mol. The van der Waals surface area contributed by atoms with Gasteiger partial charge in [-0.15, -0.1) is 0 Å². The normalized spacial score (nSPS) is 11.4. The number of amides is 1. The minimum Gasteiger partial charge on any atom is -0.497 e. The van der Waals surface area contributed by atoms with E-state index in [1.807, 2.05) is 6.07 Å². The third kappa shape index (κ3) is 5.64. The average molecular weight is 373 g/mol. The molecule has 0 saturated carbocycles. The van der Waals surface area contributed by atoms with Crippen molar-refractivity contribution >= 4 is 11.9 Å². The molecule has 0 radical (unpaired) electrons. The number of ether oxygens (including phenoxy) is 3. The molecule has 2 rings (SSSR count). The van der Waals surface area contributed by atoms with E-state index in [1.54, 1.807) is 43.5 Å². The zero-order valence-electron chi connectivity index (χ0n) is 15.5. The van der Waals surface area contributed by atoms with Crippen molar-refractivity contribution in [3.63, 3.8) is 0 Å². The van der Waals surface area contributed by atoms with Gasteiger partial charge in [0.2, 0.25) is 5.91 Å². The first-order valence-corrected chi connectivity index (χ1v) is 8.32. The molecule has 1 atom stereocenters. The number of rotatable bonds is 9. The Labute approximate surface area is 157 Å². The van der Waals surface area contributed by atoms with Gasteiger partial charge in [-0.1, -0.05) is 12.1 Å². The van der Waals surface area contributed by atoms with Crippen LogP contribution in [0.1, 0.15) is 23.6 Å². The molecule has 2 N–H and O–H groups in total. The number of hydrogen-bond acceptors (Lipinski definition) is 5. The summed E-state index contributed by atoms with van der Waals surface area (Å²) in [5.74, 6) is 0.348. The highest BCUT2D eigenvalue weighted by Gasteiger charge is 2.22. The maximum absolute atomic E-state index is 12.5. The van der Waals surface area contributed by atoms with E-state index in [0.29, 0.717) is 22.8 Å². The van der Waals surface area contributed by atoms with Crippen LogP contribution in [0.3, 0.4) is 0 Å². The summed E-state index contributed by atoms with van der Waals surface area (Å²) in [5.41, 5.74) is 1.34. The minimum atomic E-state index is -1.03. The van der Waals surface area contributed by atoms with E-state index in [2.05, 4.69) is 5.32 Å². The number of carboxylic acids is 1. The molecule has 27 heavy (non-hydrogen) atoms. The standard InChI is InChI=1S/C20H23NO6/c1-25-14-6-4-5-13(9-14)10-19(22)21-17(12-20(23)24)16-8-7-15(26-2)11-18(16)27-3/h4-9,11,17H,10,12H2,1-3H3,(H,21,22)(H,23,24). The van der Waals surface area contributed by atoms with E-state index in [-0.39, 0.29) is 18.7 Å². The van der Waals surface area contributed by atoms with Gasteiger partial charge < -0.3 is 24.6 Å². The number of hydrogen-bond donors (Lipinski definition) is 2. The first-order valence-electron chi connectivity index (χ1n) is 8.32. The van der Waals surface area contributed by atoms with Crippen molar-refractivity contribution in [2.45, 2.75) is 18.9 Å². The molecule has 144 valence electrons. The third-order valence-corrected chi connectivity index (χ3v) is 4.03. The quantitative estimate of drug-likeness (QED) is 0.702. The van der Waals surface area contributed by atoms with Crippen molar-refractivity contribution in [1.29, 1.82) is 0 Å². The number of methoxy groups -OCH3 is 3. The molecule has 2 aromatic rings. The summed E-state index contributed by atoms with van der Waals surface area (Å²) >= 11 is 0. The Balaban J connectivity index is 2.21. The molecule has 0 aliphatic heterocycles. The number of aliphatic carboxylic acids is 1. The number of carboxylic acid groups (broad SMARTS) is 1. The van der Waals surface area contributed by atoms with Gasteiger partial charge in [0, 0.05) is 11.6 Å². The molecule has 0 aromatic heterocycles. The number of benzene rings is 2. The Bertz CT molecular complexity index is 805. The summed E-state index contributed by atoms with van der Waals surface area (Å²) in [5, 5.41) is 12.0. The minimum absolute atomic E-state index is 0.103. The molecule has 0 aliphatic rings. The lowest BCUT2D eigenvalue weighted by molar-refractivity contribution is -0.137. The second kappa shape index (κ2) is 9.47. The highest BCUT2D eigenvalue weighted by atomic mass is 16.5. The van der Waals surface area contributed by atoms with E-state index < -0.39 is 12.0 Å². The van der Waals surface area contributed by atoms with Gasteiger partial charge >= 0.3 is 5.97 Å². The lowest BCUT2D eigenvalue weighted by atomic mass is 10.0. The van der Waals surface area contributed by atoms with Gasteiger partial charge in [0.15, 0.2) is 0 Å². The number of nitrogens with one attached hydrogen (secondary N) is 1. The van der Waals surface area contributed by atoms with Gasteiger partial charge in [-0.3, -0.25) is 9.59 Å². The van der Waals surface area contributed by atoms with Crippen molar-refractivity contribution in [1.82, 2.24) is 5.32 Å². The molecule has 0 heterocycles. The fourth-order valence-electron chi connectivity index (χ4n) is 2.73. The Hall–Kier alpha value is -3.22. The summed E-state index contributed by atoms with van der Waals surface area (Å²) in [4.78, 5) is 23.8. The molecule has 0 aliphatic carbocycles. The molecule has 0 fully saturated rings. The van der Waals surface area contributed by atoms with Gasteiger partial charge in [-0.05, 0) is 29.8 Å². The zero-order chi connectivity index (χ0) is 19.8. The van der Waals surface area contributed by atoms with Crippen LogP contribution in [0.25, 0.3) is 0 Å². The second-order valence-electron chi connectivity index (χ2n) is 5.85. The maximum atomic E-state index is 12.5. The lowest BCUT2D eigenvalue weighted by Gasteiger charge is -2.20. The SMILES string of the molecule is COc1cccc(CC(=O)NC(CC(=O)O)c2ccc(OC)cc2OC)c1. The smallest absolute Gasteiger partial charge is 0.305 e. The van der Waals surface area contributed by atoms with Gasteiger partial charge in [0.25, 0.3) is 0 Å². The predicted octanol–water partition coefficient (Wildman–Crippen LogP) is 2.59. The Morgan fingerprint density at radius 1 is 1.00 bits per heavy atom. The van der Waals surface area contributed by atoms with Crippen molar-refractivity contribution in [2.75, 3.05) is 21.3 Å². The summed E-state index contributed by atoms with van der Waals surface area (Å²) < 4.78 is 15.7. The molecule has 0 spiro atoms. The second-order valence-corrected chi connectivity index (χ2v) is 5.85. The molecule has 0 saturated heterocycles. The van der Waals surface area contributed by atoms with Crippen molar-refractivity contribution in [3.05, 3.63) is 53.6 Å². The van der Waals surface area contributed by atoms with Gasteiger partial charge in [0.1, 0.15) is 17.2 Å². The molecule has 0 bridgehead atoms. The van der Waals surface area contributed by atoms with E-state index in [9.17, 15) is 14.7 Å². The van der Waals surface area contributed by atoms with Gasteiger partial charge in [-0.2, -0.15) is 0 Å². The molecule has 7 nitrogen and oxygen atoms in total. The summed E-state index contributed by atoms with van der Waals surface area (Å²) in [6.07, 6.45) is -0.168. The Kier molecular flexibility index (Phi) is 7.05. The topological polar surface area (TPSA) is 94.1 Å². The molecule has 2 aromatic carbocycles. The number of carbonyl (C=O) groups is 2. The number of carbonyl (C=O) groups excluding carboxylic acids is 1. The fourth-order valence-corrected chi connectivity index (χ4v) is 2.73.